The minimum absolute atomic E-state index is 0.240. The van der Waals surface area contributed by atoms with Gasteiger partial charge in [-0.3, -0.25) is 4.90 Å². The normalized spacial score (nSPS) is 18.4. The summed E-state index contributed by atoms with van der Waals surface area (Å²) < 4.78 is 11.5. The Bertz CT molecular complexity index is 708. The highest BCUT2D eigenvalue weighted by Crippen LogP contribution is 2.29. The van der Waals surface area contributed by atoms with Crippen molar-refractivity contribution >= 4 is 0 Å². The van der Waals surface area contributed by atoms with Crippen LogP contribution in [-0.4, -0.2) is 61.3 Å². The average molecular weight is 370 g/mol. The minimum atomic E-state index is 0.240. The number of rotatable bonds is 8. The number of methoxy groups -OCH3 is 1. The van der Waals surface area contributed by atoms with E-state index < -0.39 is 0 Å². The van der Waals surface area contributed by atoms with Crippen molar-refractivity contribution in [2.45, 2.75) is 25.6 Å². The van der Waals surface area contributed by atoms with Crippen LogP contribution in [0.1, 0.15) is 17.5 Å². The fourth-order valence-corrected chi connectivity index (χ4v) is 3.54. The first-order valence-electron chi connectivity index (χ1n) is 9.56. The maximum absolute atomic E-state index is 9.27. The van der Waals surface area contributed by atoms with E-state index in [0.29, 0.717) is 12.6 Å². The number of likely N-dealkylation sites (N-methyl/N-ethyl adjacent to an activating group) is 1. The van der Waals surface area contributed by atoms with Gasteiger partial charge < -0.3 is 19.5 Å². The summed E-state index contributed by atoms with van der Waals surface area (Å²) in [4.78, 5) is 4.79. The summed E-state index contributed by atoms with van der Waals surface area (Å²) in [5, 5.41) is 9.27. The van der Waals surface area contributed by atoms with Gasteiger partial charge in [-0.05, 0) is 36.7 Å². The smallest absolute Gasteiger partial charge is 0.161 e. The summed E-state index contributed by atoms with van der Waals surface area (Å²) in [5.74, 6) is 1.53. The lowest BCUT2D eigenvalue weighted by Crippen LogP contribution is -2.51. The molecule has 1 atom stereocenters. The Balaban J connectivity index is 1.61. The number of aliphatic hydroxyl groups is 1. The van der Waals surface area contributed by atoms with Gasteiger partial charge in [0.05, 0.1) is 7.11 Å². The molecule has 0 bridgehead atoms. The Morgan fingerprint density at radius 3 is 2.59 bits per heavy atom. The van der Waals surface area contributed by atoms with Crippen molar-refractivity contribution in [1.29, 1.82) is 0 Å². The molecule has 2 aromatic carbocycles. The Kier molecular flexibility index (Phi) is 7.10. The first-order chi connectivity index (χ1) is 13.2. The van der Waals surface area contributed by atoms with Gasteiger partial charge in [0.25, 0.3) is 0 Å². The number of benzene rings is 2. The lowest BCUT2D eigenvalue weighted by Gasteiger charge is -2.39. The van der Waals surface area contributed by atoms with Crippen LogP contribution in [0.25, 0.3) is 0 Å². The van der Waals surface area contributed by atoms with Crippen molar-refractivity contribution in [3.05, 3.63) is 59.7 Å². The van der Waals surface area contributed by atoms with Gasteiger partial charge in [0.1, 0.15) is 6.61 Å². The first-order valence-corrected chi connectivity index (χ1v) is 9.56. The van der Waals surface area contributed by atoms with E-state index in [1.165, 1.54) is 5.56 Å². The van der Waals surface area contributed by atoms with Crippen LogP contribution in [0.2, 0.25) is 0 Å². The van der Waals surface area contributed by atoms with Gasteiger partial charge in [-0.25, -0.2) is 0 Å². The van der Waals surface area contributed by atoms with Crippen LogP contribution in [0.4, 0.5) is 0 Å². The molecular weight excluding hydrogens is 340 g/mol. The summed E-state index contributed by atoms with van der Waals surface area (Å²) in [7, 11) is 3.82. The summed E-state index contributed by atoms with van der Waals surface area (Å²) in [6.07, 6.45) is 0.822. The number of aliphatic hydroxyl groups excluding tert-OH is 1. The molecule has 0 saturated carbocycles. The highest BCUT2D eigenvalue weighted by atomic mass is 16.5. The second-order valence-electron chi connectivity index (χ2n) is 7.14. The molecule has 1 aliphatic rings. The molecule has 1 fully saturated rings. The molecule has 0 aliphatic carbocycles. The molecule has 27 heavy (non-hydrogen) atoms. The predicted molar refractivity (Wildman–Crippen MR) is 107 cm³/mol. The predicted octanol–water partition coefficient (Wildman–Crippen LogP) is 2.77. The summed E-state index contributed by atoms with van der Waals surface area (Å²) in [6.45, 7) is 4.69. The highest BCUT2D eigenvalue weighted by Gasteiger charge is 2.24. The summed E-state index contributed by atoms with van der Waals surface area (Å²) >= 11 is 0. The Morgan fingerprint density at radius 2 is 1.85 bits per heavy atom. The van der Waals surface area contributed by atoms with Crippen molar-refractivity contribution in [3.8, 4) is 11.5 Å². The second kappa shape index (κ2) is 9.74. The van der Waals surface area contributed by atoms with Crippen LogP contribution in [0.15, 0.2) is 48.5 Å². The van der Waals surface area contributed by atoms with Gasteiger partial charge in [-0.2, -0.15) is 0 Å². The lowest BCUT2D eigenvalue weighted by molar-refractivity contribution is 0.0742. The van der Waals surface area contributed by atoms with E-state index in [2.05, 4.69) is 41.1 Å². The largest absolute Gasteiger partial charge is 0.493 e. The quantitative estimate of drug-likeness (QED) is 0.774. The van der Waals surface area contributed by atoms with Crippen molar-refractivity contribution in [3.63, 3.8) is 0 Å². The van der Waals surface area contributed by atoms with E-state index in [1.807, 2.05) is 24.3 Å². The van der Waals surface area contributed by atoms with Gasteiger partial charge in [0, 0.05) is 38.8 Å². The number of piperazine rings is 1. The molecule has 2 aromatic rings. The van der Waals surface area contributed by atoms with Gasteiger partial charge >= 0.3 is 0 Å². The van der Waals surface area contributed by atoms with E-state index >= 15 is 0 Å². The molecule has 1 saturated heterocycles. The van der Waals surface area contributed by atoms with Crippen molar-refractivity contribution in [1.82, 2.24) is 9.80 Å². The molecule has 0 spiro atoms. The van der Waals surface area contributed by atoms with Crippen molar-refractivity contribution in [2.24, 2.45) is 0 Å². The molecule has 0 aromatic heterocycles. The number of hydrogen-bond donors (Lipinski definition) is 1. The Morgan fingerprint density at radius 1 is 1.04 bits per heavy atom. The zero-order valence-corrected chi connectivity index (χ0v) is 16.3. The lowest BCUT2D eigenvalue weighted by atomic mass is 10.1. The van der Waals surface area contributed by atoms with Crippen LogP contribution >= 0.6 is 0 Å². The van der Waals surface area contributed by atoms with Gasteiger partial charge in [-0.15, -0.1) is 0 Å². The molecule has 3 rings (SSSR count). The molecule has 146 valence electrons. The average Bonchev–Trinajstić information content (AvgIpc) is 2.70. The highest BCUT2D eigenvalue weighted by molar-refractivity contribution is 5.43. The number of hydrogen-bond acceptors (Lipinski definition) is 5. The molecule has 0 radical (unpaired) electrons. The monoisotopic (exact) mass is 370 g/mol. The number of nitrogens with zero attached hydrogens (tertiary/aromatic N) is 2. The third kappa shape index (κ3) is 5.45. The SMILES string of the molecule is COc1cc(CN2CCN(C)C(CCO)C2)ccc1OCc1ccccc1. The maximum atomic E-state index is 9.27. The van der Waals surface area contributed by atoms with E-state index in [-0.39, 0.29) is 6.61 Å². The molecule has 5 nitrogen and oxygen atoms in total. The molecule has 1 aliphatic heterocycles. The maximum Gasteiger partial charge on any atom is 0.161 e. The third-order valence-corrected chi connectivity index (χ3v) is 5.19. The van der Waals surface area contributed by atoms with Crippen LogP contribution in [0, 0.1) is 0 Å². The topological polar surface area (TPSA) is 45.2 Å². The van der Waals surface area contributed by atoms with Crippen LogP contribution < -0.4 is 9.47 Å². The van der Waals surface area contributed by atoms with Crippen molar-refractivity contribution in [2.75, 3.05) is 40.4 Å². The van der Waals surface area contributed by atoms with Crippen LogP contribution in [0.5, 0.6) is 11.5 Å². The van der Waals surface area contributed by atoms with Crippen LogP contribution in [-0.2, 0) is 13.2 Å². The molecule has 5 heteroatoms. The van der Waals surface area contributed by atoms with E-state index in [9.17, 15) is 5.11 Å². The van der Waals surface area contributed by atoms with E-state index in [4.69, 9.17) is 9.47 Å². The molecule has 0 amide bonds. The standard InChI is InChI=1S/C22H30N2O3/c1-23-11-12-24(16-20(23)10-13-25)15-19-8-9-21(22(14-19)26-2)27-17-18-6-4-3-5-7-18/h3-9,14,20,25H,10-13,15-17H2,1-2H3. The fourth-order valence-electron chi connectivity index (χ4n) is 3.54. The zero-order chi connectivity index (χ0) is 19.1. The van der Waals surface area contributed by atoms with Crippen molar-refractivity contribution < 1.29 is 14.6 Å². The first kappa shape index (κ1) is 19.7. The van der Waals surface area contributed by atoms with E-state index in [1.54, 1.807) is 7.11 Å². The van der Waals surface area contributed by atoms with Crippen LogP contribution in [0.3, 0.4) is 0 Å². The Labute approximate surface area is 162 Å². The summed E-state index contributed by atoms with van der Waals surface area (Å²) in [5.41, 5.74) is 2.35. The minimum Gasteiger partial charge on any atom is -0.493 e. The molecule has 1 N–H and O–H groups in total. The van der Waals surface area contributed by atoms with Gasteiger partial charge in [-0.1, -0.05) is 36.4 Å². The van der Waals surface area contributed by atoms with E-state index in [0.717, 1.165) is 49.7 Å². The Hall–Kier alpha value is -2.08. The third-order valence-electron chi connectivity index (χ3n) is 5.19. The zero-order valence-electron chi connectivity index (χ0n) is 16.3. The second-order valence-corrected chi connectivity index (χ2v) is 7.14. The molecular formula is C22H30N2O3. The summed E-state index contributed by atoms with van der Waals surface area (Å²) in [6, 6.07) is 16.7. The van der Waals surface area contributed by atoms with Gasteiger partial charge in [0.2, 0.25) is 0 Å². The fraction of sp³-hybridized carbons (Fsp3) is 0.455. The molecule has 1 unspecified atom stereocenters. The number of ether oxygens (including phenoxy) is 2. The molecule has 1 heterocycles. The van der Waals surface area contributed by atoms with Gasteiger partial charge in [0.15, 0.2) is 11.5 Å².